The first-order valence-electron chi connectivity index (χ1n) is 16.7. The van der Waals surface area contributed by atoms with E-state index < -0.39 is 12.8 Å². The van der Waals surface area contributed by atoms with Crippen LogP contribution in [0.15, 0.2) is 101 Å². The highest BCUT2D eigenvalue weighted by atomic mass is 35.5. The Labute approximate surface area is 311 Å². The van der Waals surface area contributed by atoms with Crippen molar-refractivity contribution >= 4 is 30.5 Å². The fourth-order valence-corrected chi connectivity index (χ4v) is 6.68. The van der Waals surface area contributed by atoms with Gasteiger partial charge in [0.1, 0.15) is 17.7 Å². The Kier molecular flexibility index (Phi) is 15.1. The number of hydrogen-bond acceptors (Lipinski definition) is 8. The van der Waals surface area contributed by atoms with Gasteiger partial charge in [0, 0.05) is 56.8 Å². The summed E-state index contributed by atoms with van der Waals surface area (Å²) < 4.78 is 46.7. The highest BCUT2D eigenvalue weighted by molar-refractivity contribution is 7.98. The van der Waals surface area contributed by atoms with E-state index in [9.17, 15) is 22.8 Å². The zero-order valence-electron chi connectivity index (χ0n) is 29.2. The van der Waals surface area contributed by atoms with Gasteiger partial charge in [0.15, 0.2) is 11.4 Å². The van der Waals surface area contributed by atoms with Crippen LogP contribution in [-0.4, -0.2) is 68.2 Å². The van der Waals surface area contributed by atoms with Gasteiger partial charge in [-0.05, 0) is 65.2 Å². The second-order valence-electron chi connectivity index (χ2n) is 12.0. The van der Waals surface area contributed by atoms with Crippen molar-refractivity contribution in [1.82, 2.24) is 29.1 Å². The van der Waals surface area contributed by atoms with Gasteiger partial charge in [0.05, 0.1) is 6.20 Å². The zero-order valence-corrected chi connectivity index (χ0v) is 30.8. The largest absolute Gasteiger partial charge is 0.435 e. The summed E-state index contributed by atoms with van der Waals surface area (Å²) in [5, 5.41) is 4.60. The Balaban J connectivity index is 0.00000605. The van der Waals surface area contributed by atoms with E-state index in [2.05, 4.69) is 38.5 Å². The van der Waals surface area contributed by atoms with Crippen LogP contribution in [-0.2, 0) is 30.6 Å². The number of ether oxygens (including phenoxy) is 1. The summed E-state index contributed by atoms with van der Waals surface area (Å²) in [6.07, 6.45) is 5.63. The zero-order chi connectivity index (χ0) is 36.3. The molecule has 0 N–H and O–H groups in total. The molecule has 0 fully saturated rings. The molecule has 9 nitrogen and oxygen atoms in total. The molecule has 0 aliphatic heterocycles. The molecule has 5 aromatic rings. The van der Waals surface area contributed by atoms with E-state index in [1.165, 1.54) is 36.0 Å². The van der Waals surface area contributed by atoms with Gasteiger partial charge in [0.2, 0.25) is 0 Å². The molecule has 0 bridgehead atoms. The van der Waals surface area contributed by atoms with Crippen LogP contribution in [0.5, 0.6) is 5.75 Å². The fourth-order valence-electron chi connectivity index (χ4n) is 5.73. The SMILES string of the molecule is CCN(CC)CCN(Cc1ccc(-c2ccc(OC(F)F)cc2)cc1)C(C=O)n1cc(Cc2cnn(C)c2)c(=O)nc1SCc1ccc(F)cc1.Cl. The molecule has 2 aromatic heterocycles. The van der Waals surface area contributed by atoms with Crippen molar-refractivity contribution in [2.45, 2.75) is 50.5 Å². The molecular formula is C38H42ClF3N6O3S. The number of carbonyl (C=O) groups excluding carboxylic acids is 1. The van der Waals surface area contributed by atoms with Crippen molar-refractivity contribution in [2.24, 2.45) is 7.05 Å². The number of hydrogen-bond donors (Lipinski definition) is 0. The predicted octanol–water partition coefficient (Wildman–Crippen LogP) is 7.23. The number of likely N-dealkylation sites (N-methyl/N-ethyl adjacent to an activating group) is 1. The molecule has 276 valence electrons. The summed E-state index contributed by atoms with van der Waals surface area (Å²) >= 11 is 1.31. The molecule has 0 amide bonds. The van der Waals surface area contributed by atoms with Crippen molar-refractivity contribution in [1.29, 1.82) is 0 Å². The van der Waals surface area contributed by atoms with Crippen LogP contribution >= 0.6 is 24.2 Å². The summed E-state index contributed by atoms with van der Waals surface area (Å²) in [7, 11) is 1.81. The highest BCUT2D eigenvalue weighted by Crippen LogP contribution is 2.28. The van der Waals surface area contributed by atoms with E-state index in [0.717, 1.165) is 47.2 Å². The van der Waals surface area contributed by atoms with Gasteiger partial charge in [-0.3, -0.25) is 19.2 Å². The van der Waals surface area contributed by atoms with Crippen LogP contribution in [0.4, 0.5) is 13.2 Å². The molecule has 2 heterocycles. The number of thioether (sulfide) groups is 1. The number of aromatic nitrogens is 4. The number of carbonyl (C=O) groups is 1. The minimum atomic E-state index is -2.89. The van der Waals surface area contributed by atoms with Crippen LogP contribution in [0.2, 0.25) is 0 Å². The van der Waals surface area contributed by atoms with Gasteiger partial charge in [-0.2, -0.15) is 18.9 Å². The average molecular weight is 755 g/mol. The van der Waals surface area contributed by atoms with Gasteiger partial charge in [0.25, 0.3) is 5.56 Å². The molecule has 0 saturated heterocycles. The monoisotopic (exact) mass is 754 g/mol. The highest BCUT2D eigenvalue weighted by Gasteiger charge is 2.25. The lowest BCUT2D eigenvalue weighted by Gasteiger charge is -2.33. The predicted molar refractivity (Wildman–Crippen MR) is 200 cm³/mol. The van der Waals surface area contributed by atoms with E-state index >= 15 is 0 Å². The lowest BCUT2D eigenvalue weighted by atomic mass is 10.0. The molecular weight excluding hydrogens is 713 g/mol. The Morgan fingerprint density at radius 2 is 1.52 bits per heavy atom. The molecule has 0 aliphatic rings. The summed E-state index contributed by atoms with van der Waals surface area (Å²) in [5.41, 5.74) is 4.42. The number of benzene rings is 3. The third-order valence-electron chi connectivity index (χ3n) is 8.55. The second-order valence-corrected chi connectivity index (χ2v) is 13.0. The van der Waals surface area contributed by atoms with E-state index in [-0.39, 0.29) is 29.5 Å². The molecule has 0 spiro atoms. The molecule has 5 rings (SSSR count). The lowest BCUT2D eigenvalue weighted by Crippen LogP contribution is -2.40. The molecule has 0 aliphatic carbocycles. The van der Waals surface area contributed by atoms with Crippen molar-refractivity contribution in [2.75, 3.05) is 26.2 Å². The van der Waals surface area contributed by atoms with Gasteiger partial charge in [-0.25, -0.2) is 4.39 Å². The smallest absolute Gasteiger partial charge is 0.387 e. The molecule has 1 atom stereocenters. The number of halogens is 4. The minimum Gasteiger partial charge on any atom is -0.435 e. The lowest BCUT2D eigenvalue weighted by molar-refractivity contribution is -0.116. The van der Waals surface area contributed by atoms with E-state index in [4.69, 9.17) is 0 Å². The van der Waals surface area contributed by atoms with Crippen molar-refractivity contribution < 1.29 is 22.7 Å². The Bertz CT molecular complexity index is 1920. The van der Waals surface area contributed by atoms with Crippen LogP contribution < -0.4 is 10.3 Å². The van der Waals surface area contributed by atoms with Gasteiger partial charge in [-0.1, -0.05) is 74.1 Å². The Morgan fingerprint density at radius 1 is 0.885 bits per heavy atom. The average Bonchev–Trinajstić information content (AvgIpc) is 3.54. The van der Waals surface area contributed by atoms with Crippen molar-refractivity contribution in [3.63, 3.8) is 0 Å². The molecule has 3 aromatic carbocycles. The number of aryl methyl sites for hydroxylation is 1. The number of nitrogens with zero attached hydrogens (tertiary/aromatic N) is 6. The minimum absolute atomic E-state index is 0. The van der Waals surface area contributed by atoms with Gasteiger partial charge >= 0.3 is 6.61 Å². The molecule has 1 unspecified atom stereocenters. The van der Waals surface area contributed by atoms with E-state index in [0.29, 0.717) is 42.5 Å². The van der Waals surface area contributed by atoms with Crippen LogP contribution in [0.25, 0.3) is 11.1 Å². The molecule has 14 heteroatoms. The first-order valence-corrected chi connectivity index (χ1v) is 17.7. The summed E-state index contributed by atoms with van der Waals surface area (Å²) in [4.78, 5) is 35.4. The van der Waals surface area contributed by atoms with Crippen LogP contribution in [0.1, 0.15) is 42.3 Å². The number of alkyl halides is 2. The first kappa shape index (κ1) is 40.3. The first-order chi connectivity index (χ1) is 24.6. The van der Waals surface area contributed by atoms with Crippen LogP contribution in [0.3, 0.4) is 0 Å². The maximum Gasteiger partial charge on any atom is 0.387 e. The summed E-state index contributed by atoms with van der Waals surface area (Å²) in [6.45, 7) is 4.66. The molecule has 0 radical (unpaired) electrons. The summed E-state index contributed by atoms with van der Waals surface area (Å²) in [6, 6.07) is 20.5. The van der Waals surface area contributed by atoms with Gasteiger partial charge < -0.3 is 14.2 Å². The van der Waals surface area contributed by atoms with E-state index in [1.807, 2.05) is 30.5 Å². The fraction of sp³-hybridized carbons (Fsp3) is 0.316. The quantitative estimate of drug-likeness (QED) is 0.0527. The third-order valence-corrected chi connectivity index (χ3v) is 9.59. The number of rotatable bonds is 18. The topological polar surface area (TPSA) is 85.5 Å². The summed E-state index contributed by atoms with van der Waals surface area (Å²) in [5.74, 6) is 0.162. The standard InChI is InChI=1S/C38H41F3N6O3S.ClH/c1-4-45(5-2)18-19-46(23-27-6-10-30(11-7-27)31-12-16-34(17-13-31)50-37(40)41)35(25-48)47-24-32(20-29-21-42-44(3)22-29)36(49)43-38(47)51-26-28-8-14-33(39)15-9-28;/h6-17,21-22,24-25,35,37H,4-5,18-20,23,26H2,1-3H3;1H. The molecule has 52 heavy (non-hydrogen) atoms. The molecule has 0 saturated carbocycles. The van der Waals surface area contributed by atoms with Gasteiger partial charge in [-0.15, -0.1) is 12.4 Å². The Hall–Kier alpha value is -4.43. The van der Waals surface area contributed by atoms with E-state index in [1.54, 1.807) is 53.0 Å². The third kappa shape index (κ3) is 11.0. The Morgan fingerprint density at radius 3 is 2.10 bits per heavy atom. The maximum absolute atomic E-state index is 13.6. The van der Waals surface area contributed by atoms with Crippen molar-refractivity contribution in [3.8, 4) is 16.9 Å². The van der Waals surface area contributed by atoms with Crippen LogP contribution in [0, 0.1) is 5.82 Å². The normalized spacial score (nSPS) is 11.9. The number of aldehydes is 1. The van der Waals surface area contributed by atoms with Crippen molar-refractivity contribution in [3.05, 3.63) is 130 Å². The maximum atomic E-state index is 13.6. The second kappa shape index (κ2) is 19.4.